The summed E-state index contributed by atoms with van der Waals surface area (Å²) in [6.07, 6.45) is 0. The van der Waals surface area contributed by atoms with Crippen molar-refractivity contribution in [3.63, 3.8) is 0 Å². The van der Waals surface area contributed by atoms with Crippen LogP contribution >= 0.6 is 0 Å². The van der Waals surface area contributed by atoms with E-state index in [0.717, 1.165) is 11.8 Å². The summed E-state index contributed by atoms with van der Waals surface area (Å²) in [6, 6.07) is 15.1. The van der Waals surface area contributed by atoms with Crippen molar-refractivity contribution >= 4 is 18.1 Å². The minimum absolute atomic E-state index is 0.448. The molecule has 0 N–H and O–H groups in total. The van der Waals surface area contributed by atoms with E-state index < -0.39 is 12.4 Å². The number of nitrogens with zero attached hydrogens (tertiary/aromatic N) is 1. The molecule has 5 heteroatoms. The quantitative estimate of drug-likeness (QED) is 0.765. The molecule has 100 valence electrons. The average Bonchev–Trinajstić information content (AvgIpc) is 2.39. The van der Waals surface area contributed by atoms with E-state index >= 15 is 0 Å². The molecule has 0 aromatic heterocycles. The molecule has 2 rings (SSSR count). The molecule has 0 spiro atoms. The monoisotopic (exact) mass is 264 g/mol. The number of hydrogen-bond donors (Lipinski definition) is 0. The first-order chi connectivity index (χ1) is 8.97. The van der Waals surface area contributed by atoms with Crippen LogP contribution in [0, 0.1) is 0 Å². The van der Waals surface area contributed by atoms with E-state index in [4.69, 9.17) is 0 Å². The van der Waals surface area contributed by atoms with Crippen molar-refractivity contribution in [2.75, 3.05) is 11.9 Å². The zero-order valence-corrected chi connectivity index (χ0v) is 10.6. The zero-order chi connectivity index (χ0) is 13.9. The summed E-state index contributed by atoms with van der Waals surface area (Å²) in [7, 11) is 1.86. The average molecular weight is 264 g/mol. The molecule has 2 aromatic rings. The van der Waals surface area contributed by atoms with Gasteiger partial charge in [0, 0.05) is 19.3 Å². The molecule has 0 unspecified atom stereocenters. The van der Waals surface area contributed by atoms with E-state index in [1.165, 1.54) is 12.1 Å². The molecule has 0 amide bonds. The lowest BCUT2D eigenvalue weighted by molar-refractivity contribution is 0.501. The number of para-hydroxylation sites is 1. The number of rotatable bonds is 4. The first kappa shape index (κ1) is 13.5. The third-order valence-corrected chi connectivity index (χ3v) is 2.95. The fraction of sp³-hybridized carbons (Fsp3) is 0.143. The summed E-state index contributed by atoms with van der Waals surface area (Å²) in [4.78, 5) is 1.92. The molecule has 1 nitrogen and oxygen atoms in total. The van der Waals surface area contributed by atoms with Gasteiger partial charge in [-0.2, -0.15) is 0 Å². The van der Waals surface area contributed by atoms with Gasteiger partial charge in [0.2, 0.25) is 0 Å². The Balaban J connectivity index is 2.16. The molecule has 0 saturated heterocycles. The van der Waals surface area contributed by atoms with Gasteiger partial charge in [0.05, 0.1) is 0 Å². The molecular weight excluding hydrogens is 250 g/mol. The van der Waals surface area contributed by atoms with Crippen molar-refractivity contribution in [1.82, 2.24) is 0 Å². The lowest BCUT2D eigenvalue weighted by Gasteiger charge is -2.21. The maximum Gasteiger partial charge on any atom is 0.509 e. The van der Waals surface area contributed by atoms with Gasteiger partial charge in [-0.25, -0.2) is 0 Å². The summed E-state index contributed by atoms with van der Waals surface area (Å²) < 4.78 is 38.0. The topological polar surface area (TPSA) is 3.24 Å². The Bertz CT molecular complexity index is 540. The molecule has 0 radical (unpaired) electrons. The highest BCUT2D eigenvalue weighted by molar-refractivity contribution is 6.73. The standard InChI is InChI=1S/C14H14BF3N/c1-19(14-8-3-2-4-9-14)11-12-6-5-7-13(10-12)15(16,17)18/h2-10H,11H2,1H3/q-1. The molecule has 2 aromatic carbocycles. The van der Waals surface area contributed by atoms with Gasteiger partial charge in [-0.3, -0.25) is 0 Å². The second-order valence-electron chi connectivity index (χ2n) is 4.51. The lowest BCUT2D eigenvalue weighted by atomic mass is 9.79. The summed E-state index contributed by atoms with van der Waals surface area (Å²) in [5, 5.41) is 0. The van der Waals surface area contributed by atoms with E-state index in [2.05, 4.69) is 0 Å². The maximum absolute atomic E-state index is 12.7. The molecule has 0 atom stereocenters. The summed E-state index contributed by atoms with van der Waals surface area (Å²) in [5.74, 6) is 0. The van der Waals surface area contributed by atoms with Gasteiger partial charge in [-0.05, 0) is 17.7 Å². The predicted octanol–water partition coefficient (Wildman–Crippen LogP) is 3.38. The van der Waals surface area contributed by atoms with Crippen LogP contribution in [0.15, 0.2) is 54.6 Å². The van der Waals surface area contributed by atoms with Gasteiger partial charge in [0.15, 0.2) is 0 Å². The van der Waals surface area contributed by atoms with Crippen molar-refractivity contribution in [3.8, 4) is 0 Å². The van der Waals surface area contributed by atoms with Crippen molar-refractivity contribution in [2.24, 2.45) is 0 Å². The van der Waals surface area contributed by atoms with Crippen LogP contribution in [0.2, 0.25) is 0 Å². The van der Waals surface area contributed by atoms with Crippen molar-refractivity contribution in [2.45, 2.75) is 6.54 Å². The van der Waals surface area contributed by atoms with Gasteiger partial charge in [0.25, 0.3) is 0 Å². The largest absolute Gasteiger partial charge is 0.509 e. The Kier molecular flexibility index (Phi) is 3.83. The molecule has 0 saturated carbocycles. The fourth-order valence-corrected chi connectivity index (χ4v) is 1.94. The van der Waals surface area contributed by atoms with Gasteiger partial charge < -0.3 is 17.8 Å². The molecular formula is C14H14BF3N-. The minimum atomic E-state index is -4.93. The Morgan fingerprint density at radius 2 is 1.63 bits per heavy atom. The van der Waals surface area contributed by atoms with E-state index in [1.807, 2.05) is 42.3 Å². The predicted molar refractivity (Wildman–Crippen MR) is 73.7 cm³/mol. The Morgan fingerprint density at radius 3 is 2.26 bits per heavy atom. The van der Waals surface area contributed by atoms with Crippen molar-refractivity contribution in [1.29, 1.82) is 0 Å². The molecule has 0 fully saturated rings. The van der Waals surface area contributed by atoms with E-state index in [9.17, 15) is 12.9 Å². The van der Waals surface area contributed by atoms with Crippen LogP contribution in [0.3, 0.4) is 0 Å². The lowest BCUT2D eigenvalue weighted by Crippen LogP contribution is -2.34. The van der Waals surface area contributed by atoms with Gasteiger partial charge >= 0.3 is 6.98 Å². The Hall–Kier alpha value is -1.91. The number of hydrogen-bond acceptors (Lipinski definition) is 1. The van der Waals surface area contributed by atoms with Gasteiger partial charge in [-0.1, -0.05) is 42.5 Å². The number of anilines is 1. The highest BCUT2D eigenvalue weighted by Crippen LogP contribution is 2.15. The van der Waals surface area contributed by atoms with E-state index in [0.29, 0.717) is 12.1 Å². The second kappa shape index (κ2) is 5.39. The number of halogens is 3. The normalized spacial score (nSPS) is 11.4. The molecule has 0 heterocycles. The smallest absolute Gasteiger partial charge is 0.445 e. The third kappa shape index (κ3) is 3.53. The molecule has 0 aliphatic rings. The molecule has 0 bridgehead atoms. The first-order valence-corrected chi connectivity index (χ1v) is 6.02. The SMILES string of the molecule is CN(Cc1cccc([B-](F)(F)F)c1)c1ccccc1. The highest BCUT2D eigenvalue weighted by atomic mass is 19.4. The Labute approximate surface area is 110 Å². The van der Waals surface area contributed by atoms with Crippen LogP contribution in [-0.4, -0.2) is 14.0 Å². The van der Waals surface area contributed by atoms with Crippen LogP contribution in [0.5, 0.6) is 0 Å². The molecule has 19 heavy (non-hydrogen) atoms. The molecule has 0 aliphatic heterocycles. The first-order valence-electron chi connectivity index (χ1n) is 6.02. The summed E-state index contributed by atoms with van der Waals surface area (Å²) in [5.41, 5.74) is 1.09. The van der Waals surface area contributed by atoms with Gasteiger partial charge in [-0.15, -0.1) is 5.46 Å². The highest BCUT2D eigenvalue weighted by Gasteiger charge is 2.25. The number of benzene rings is 2. The van der Waals surface area contributed by atoms with Crippen LogP contribution in [0.25, 0.3) is 0 Å². The fourth-order valence-electron chi connectivity index (χ4n) is 1.94. The Morgan fingerprint density at radius 1 is 0.947 bits per heavy atom. The van der Waals surface area contributed by atoms with Crippen LogP contribution < -0.4 is 10.4 Å². The maximum atomic E-state index is 12.7. The van der Waals surface area contributed by atoms with Crippen LogP contribution in [0.4, 0.5) is 18.6 Å². The van der Waals surface area contributed by atoms with E-state index in [-0.39, 0.29) is 0 Å². The van der Waals surface area contributed by atoms with Crippen LogP contribution in [-0.2, 0) is 6.54 Å². The second-order valence-corrected chi connectivity index (χ2v) is 4.51. The van der Waals surface area contributed by atoms with Crippen molar-refractivity contribution in [3.05, 3.63) is 60.2 Å². The zero-order valence-electron chi connectivity index (χ0n) is 10.6. The van der Waals surface area contributed by atoms with E-state index in [1.54, 1.807) is 6.07 Å². The summed E-state index contributed by atoms with van der Waals surface area (Å²) in [6.45, 7) is -4.48. The molecule has 0 aliphatic carbocycles. The summed E-state index contributed by atoms with van der Waals surface area (Å²) >= 11 is 0. The third-order valence-electron chi connectivity index (χ3n) is 2.95. The van der Waals surface area contributed by atoms with Gasteiger partial charge in [0.1, 0.15) is 0 Å². The van der Waals surface area contributed by atoms with Crippen molar-refractivity contribution < 1.29 is 12.9 Å². The van der Waals surface area contributed by atoms with Crippen LogP contribution in [0.1, 0.15) is 5.56 Å². The minimum Gasteiger partial charge on any atom is -0.445 e.